The maximum Gasteiger partial charge on any atom is 0.0442 e. The summed E-state index contributed by atoms with van der Waals surface area (Å²) in [5.41, 5.74) is 0. The highest BCUT2D eigenvalue weighted by Gasteiger charge is 2.01. The number of carbonyl (C=O) groups excluding carboxylic acids is 2. The molecule has 74 valence electrons. The third-order valence-corrected chi connectivity index (χ3v) is 1.18. The van der Waals surface area contributed by atoms with Crippen molar-refractivity contribution in [3.8, 4) is 0 Å². The summed E-state index contributed by atoms with van der Waals surface area (Å²) < 4.78 is 0. The van der Waals surface area contributed by atoms with Gasteiger partial charge in [0.05, 0.1) is 0 Å². The summed E-state index contributed by atoms with van der Waals surface area (Å²) in [4.78, 5) is 19.8. The summed E-state index contributed by atoms with van der Waals surface area (Å²) >= 11 is 0. The van der Waals surface area contributed by atoms with E-state index in [0.717, 1.165) is 0 Å². The van der Waals surface area contributed by atoms with Gasteiger partial charge >= 0.3 is 0 Å². The second kappa shape index (κ2) is 7.96. The van der Waals surface area contributed by atoms with Gasteiger partial charge in [-0.15, -0.1) is 0 Å². The summed E-state index contributed by atoms with van der Waals surface area (Å²) in [7, 11) is 0. The van der Waals surface area contributed by atoms with Crippen LogP contribution in [0, 0.1) is 5.92 Å². The number of carboxylic acid groups (broad SMARTS) is 2. The van der Waals surface area contributed by atoms with E-state index >= 15 is 0 Å². The Bertz CT molecular complexity index is 148. The Kier molecular flexibility index (Phi) is 11.3. The Morgan fingerprint density at radius 2 is 1.67 bits per heavy atom. The number of carboxylic acids is 2. The minimum atomic E-state index is -1.23. The van der Waals surface area contributed by atoms with Gasteiger partial charge in [0, 0.05) is 11.9 Å². The van der Waals surface area contributed by atoms with Crippen LogP contribution < -0.4 is 22.5 Å². The monoisotopic (exact) mass is 180 g/mol. The van der Waals surface area contributed by atoms with E-state index < -0.39 is 17.9 Å². The van der Waals surface area contributed by atoms with Crippen molar-refractivity contribution in [1.82, 2.24) is 12.3 Å². The lowest BCUT2D eigenvalue weighted by Crippen LogP contribution is -2.31. The van der Waals surface area contributed by atoms with Gasteiger partial charge in [0.1, 0.15) is 0 Å². The van der Waals surface area contributed by atoms with Crippen LogP contribution >= 0.6 is 0 Å². The molecule has 0 aliphatic carbocycles. The van der Waals surface area contributed by atoms with Crippen LogP contribution in [0.3, 0.4) is 0 Å². The number of quaternary nitrogens is 2. The molecule has 12 heavy (non-hydrogen) atoms. The minimum Gasteiger partial charge on any atom is -0.550 e. The molecule has 0 aliphatic rings. The molecule has 6 nitrogen and oxygen atoms in total. The number of carbonyl (C=O) groups is 2. The van der Waals surface area contributed by atoms with Crippen molar-refractivity contribution in [1.29, 1.82) is 0 Å². The lowest BCUT2D eigenvalue weighted by atomic mass is 10.1. The third kappa shape index (κ3) is 8.86. The first-order valence-electron chi connectivity index (χ1n) is 2.94. The summed E-state index contributed by atoms with van der Waals surface area (Å²) in [5, 5.41) is 19.8. The van der Waals surface area contributed by atoms with Gasteiger partial charge in [0.25, 0.3) is 0 Å². The van der Waals surface area contributed by atoms with Gasteiger partial charge in [0.2, 0.25) is 0 Å². The molecule has 1 unspecified atom stereocenters. The Balaban J connectivity index is -0.000000405. The third-order valence-electron chi connectivity index (χ3n) is 1.18. The van der Waals surface area contributed by atoms with E-state index in [1.165, 1.54) is 6.92 Å². The number of hydrogen-bond acceptors (Lipinski definition) is 4. The Hall–Kier alpha value is -1.14. The fourth-order valence-electron chi connectivity index (χ4n) is 0.452. The number of rotatable bonds is 4. The highest BCUT2D eigenvalue weighted by Crippen LogP contribution is 2.02. The molecule has 0 rings (SSSR count). The first-order valence-corrected chi connectivity index (χ1v) is 2.94. The zero-order valence-electron chi connectivity index (χ0n) is 7.62. The summed E-state index contributed by atoms with van der Waals surface area (Å²) in [6, 6.07) is 0. The maximum atomic E-state index is 9.99. The van der Waals surface area contributed by atoms with Crippen molar-refractivity contribution in [3.63, 3.8) is 0 Å². The average Bonchev–Trinajstić information content (AvgIpc) is 1.82. The molecule has 1 atom stereocenters. The predicted octanol–water partition coefficient (Wildman–Crippen LogP) is -1.35. The molecule has 6 heteroatoms. The minimum absolute atomic E-state index is 0. The standard InChI is InChI=1S/C6H10O4.2H3N/c1-4(6(9)10)2-3-5(7)8;;/h4H,2-3H2,1H3,(H,7,8)(H,9,10);2*1H3. The molecule has 0 aromatic heterocycles. The summed E-state index contributed by atoms with van der Waals surface area (Å²) in [5.74, 6) is -3.16. The van der Waals surface area contributed by atoms with Crippen molar-refractivity contribution < 1.29 is 19.8 Å². The largest absolute Gasteiger partial charge is 0.550 e. The SMILES string of the molecule is CC(CCC(=O)[O-])C(=O)[O-].[NH4+].[NH4+]. The van der Waals surface area contributed by atoms with Gasteiger partial charge < -0.3 is 32.1 Å². The van der Waals surface area contributed by atoms with Crippen molar-refractivity contribution in [2.24, 2.45) is 5.92 Å². The van der Waals surface area contributed by atoms with Gasteiger partial charge in [-0.2, -0.15) is 0 Å². The molecule has 0 saturated carbocycles. The topological polar surface area (TPSA) is 153 Å². The molecule has 0 aromatic rings. The second-order valence-electron chi connectivity index (χ2n) is 2.13. The van der Waals surface area contributed by atoms with Crippen LogP contribution in [-0.4, -0.2) is 11.9 Å². The molecule has 0 aromatic carbocycles. The van der Waals surface area contributed by atoms with Crippen LogP contribution in [0.15, 0.2) is 0 Å². The molecule has 0 heterocycles. The van der Waals surface area contributed by atoms with Crippen LogP contribution in [0.2, 0.25) is 0 Å². The van der Waals surface area contributed by atoms with E-state index in [-0.39, 0.29) is 25.1 Å². The zero-order valence-corrected chi connectivity index (χ0v) is 7.62. The van der Waals surface area contributed by atoms with Gasteiger partial charge in [0.15, 0.2) is 0 Å². The highest BCUT2D eigenvalue weighted by atomic mass is 16.4. The first-order chi connectivity index (χ1) is 4.54. The van der Waals surface area contributed by atoms with Gasteiger partial charge in [-0.3, -0.25) is 0 Å². The van der Waals surface area contributed by atoms with Crippen molar-refractivity contribution in [2.75, 3.05) is 0 Å². The Morgan fingerprint density at radius 1 is 1.25 bits per heavy atom. The predicted molar refractivity (Wildman–Crippen MR) is 40.4 cm³/mol. The van der Waals surface area contributed by atoms with Crippen LogP contribution in [0.25, 0.3) is 0 Å². The van der Waals surface area contributed by atoms with Crippen molar-refractivity contribution in [3.05, 3.63) is 0 Å². The normalized spacial score (nSPS) is 10.4. The Labute approximate surface area is 70.7 Å². The fraction of sp³-hybridized carbons (Fsp3) is 0.667. The fourth-order valence-corrected chi connectivity index (χ4v) is 0.452. The van der Waals surface area contributed by atoms with Crippen LogP contribution in [0.4, 0.5) is 0 Å². The van der Waals surface area contributed by atoms with Gasteiger partial charge in [-0.1, -0.05) is 6.92 Å². The molecule has 0 amide bonds. The van der Waals surface area contributed by atoms with Crippen LogP contribution in [-0.2, 0) is 9.59 Å². The lowest BCUT2D eigenvalue weighted by Gasteiger charge is -2.11. The average molecular weight is 180 g/mol. The molecule has 0 aliphatic heterocycles. The molecule has 0 radical (unpaired) electrons. The smallest absolute Gasteiger partial charge is 0.0442 e. The zero-order chi connectivity index (χ0) is 8.15. The molecular weight excluding hydrogens is 164 g/mol. The maximum absolute atomic E-state index is 9.99. The van der Waals surface area contributed by atoms with E-state index in [2.05, 4.69) is 0 Å². The van der Waals surface area contributed by atoms with Crippen LogP contribution in [0.1, 0.15) is 19.8 Å². The highest BCUT2D eigenvalue weighted by molar-refractivity contribution is 5.69. The lowest BCUT2D eigenvalue weighted by molar-refractivity contribution is -0.312. The first kappa shape index (κ1) is 17.1. The summed E-state index contributed by atoms with van der Waals surface area (Å²) in [6.07, 6.45) is -0.153. The quantitative estimate of drug-likeness (QED) is 0.549. The van der Waals surface area contributed by atoms with E-state index in [1.54, 1.807) is 0 Å². The van der Waals surface area contributed by atoms with E-state index in [9.17, 15) is 19.8 Å². The molecular formula is C6H16N2O4. The van der Waals surface area contributed by atoms with Gasteiger partial charge in [-0.25, -0.2) is 0 Å². The van der Waals surface area contributed by atoms with Crippen molar-refractivity contribution in [2.45, 2.75) is 19.8 Å². The summed E-state index contributed by atoms with van der Waals surface area (Å²) in [6.45, 7) is 1.40. The molecule has 0 spiro atoms. The van der Waals surface area contributed by atoms with E-state index in [1.807, 2.05) is 0 Å². The molecule has 0 bridgehead atoms. The second-order valence-corrected chi connectivity index (χ2v) is 2.13. The van der Waals surface area contributed by atoms with Crippen molar-refractivity contribution >= 4 is 11.9 Å². The number of aliphatic carboxylic acids is 2. The molecule has 0 fully saturated rings. The van der Waals surface area contributed by atoms with Crippen LogP contribution in [0.5, 0.6) is 0 Å². The van der Waals surface area contributed by atoms with Gasteiger partial charge in [-0.05, 0) is 18.8 Å². The Morgan fingerprint density at radius 3 is 1.92 bits per heavy atom. The number of hydrogen-bond donors (Lipinski definition) is 2. The molecule has 0 saturated heterocycles. The van der Waals surface area contributed by atoms with E-state index in [0.29, 0.717) is 0 Å². The molecule has 8 N–H and O–H groups in total. The van der Waals surface area contributed by atoms with E-state index in [4.69, 9.17) is 0 Å².